The van der Waals surface area contributed by atoms with E-state index in [0.717, 1.165) is 21.2 Å². The normalized spacial score (nSPS) is 11.7. The minimum atomic E-state index is -3.16. The third-order valence-corrected chi connectivity index (χ3v) is 6.65. The van der Waals surface area contributed by atoms with E-state index in [4.69, 9.17) is 0 Å². The van der Waals surface area contributed by atoms with Crippen LogP contribution in [-0.4, -0.2) is 37.7 Å². The van der Waals surface area contributed by atoms with Crippen LogP contribution in [0.4, 0.5) is 0 Å². The predicted molar refractivity (Wildman–Crippen MR) is 92.8 cm³/mol. The lowest BCUT2D eigenvalue weighted by Crippen LogP contribution is -2.23. The first-order chi connectivity index (χ1) is 10.3. The number of sulfonamides is 1. The second-order valence-electron chi connectivity index (χ2n) is 4.65. The van der Waals surface area contributed by atoms with Crippen molar-refractivity contribution in [3.05, 3.63) is 33.0 Å². The van der Waals surface area contributed by atoms with Crippen molar-refractivity contribution in [3.63, 3.8) is 0 Å². The van der Waals surface area contributed by atoms with Gasteiger partial charge in [-0.05, 0) is 25.5 Å². The van der Waals surface area contributed by atoms with Crippen LogP contribution in [0, 0.1) is 6.92 Å². The summed E-state index contributed by atoms with van der Waals surface area (Å²) in [6.45, 7) is 2.28. The highest BCUT2D eigenvalue weighted by atomic mass is 32.2. The Hall–Kier alpha value is -0.740. The topological polar surface area (TPSA) is 76.1 Å². The maximum atomic E-state index is 12.1. The fourth-order valence-corrected chi connectivity index (χ4v) is 4.86. The van der Waals surface area contributed by atoms with Crippen LogP contribution in [0.15, 0.2) is 21.9 Å². The van der Waals surface area contributed by atoms with E-state index in [1.807, 2.05) is 18.4 Å². The third-order valence-electron chi connectivity index (χ3n) is 2.60. The molecular weight excluding hydrogens is 360 g/mol. The summed E-state index contributed by atoms with van der Waals surface area (Å²) in [6, 6.07) is 3.68. The summed E-state index contributed by atoms with van der Waals surface area (Å²) < 4.78 is 25.3. The maximum Gasteiger partial charge on any atom is 0.208 e. The van der Waals surface area contributed by atoms with Gasteiger partial charge in [-0.25, -0.2) is 18.1 Å². The molecule has 2 heterocycles. The summed E-state index contributed by atoms with van der Waals surface area (Å²) >= 11 is 4.41. The standard InChI is InChI=1S/C13H16N2O3S4/c1-9-7-19-13(15-9)20-8-11(16)12-4-3-10(21-12)5-6-14-22(2,17)18/h3-4,7,14H,5-6,8H2,1-2H3. The van der Waals surface area contributed by atoms with Crippen LogP contribution in [-0.2, 0) is 16.4 Å². The van der Waals surface area contributed by atoms with Crippen LogP contribution in [0.1, 0.15) is 20.2 Å². The molecule has 5 nitrogen and oxygen atoms in total. The molecule has 0 aromatic carbocycles. The van der Waals surface area contributed by atoms with E-state index < -0.39 is 10.0 Å². The molecule has 0 aliphatic rings. The van der Waals surface area contributed by atoms with E-state index in [-0.39, 0.29) is 5.78 Å². The number of nitrogens with zero attached hydrogens (tertiary/aromatic N) is 1. The lowest BCUT2D eigenvalue weighted by molar-refractivity contribution is 0.102. The van der Waals surface area contributed by atoms with Crippen molar-refractivity contribution in [1.29, 1.82) is 0 Å². The Morgan fingerprint density at radius 3 is 2.82 bits per heavy atom. The molecule has 0 aliphatic heterocycles. The summed E-state index contributed by atoms with van der Waals surface area (Å²) in [6.07, 6.45) is 1.72. The number of nitrogens with one attached hydrogen (secondary N) is 1. The summed E-state index contributed by atoms with van der Waals surface area (Å²) in [7, 11) is -3.16. The van der Waals surface area contributed by atoms with E-state index in [1.165, 1.54) is 23.1 Å². The zero-order valence-electron chi connectivity index (χ0n) is 12.2. The molecule has 2 aromatic heterocycles. The third kappa shape index (κ3) is 5.81. The minimum Gasteiger partial charge on any atom is -0.292 e. The molecule has 120 valence electrons. The minimum absolute atomic E-state index is 0.0742. The Bertz CT molecular complexity index is 749. The molecule has 0 unspecified atom stereocenters. The first-order valence-electron chi connectivity index (χ1n) is 6.45. The van der Waals surface area contributed by atoms with Crippen molar-refractivity contribution in [3.8, 4) is 0 Å². The first-order valence-corrected chi connectivity index (χ1v) is 11.0. The molecule has 2 aromatic rings. The summed E-state index contributed by atoms with van der Waals surface area (Å²) in [5.74, 6) is 0.444. The van der Waals surface area contributed by atoms with Crippen molar-refractivity contribution in [2.24, 2.45) is 0 Å². The molecule has 0 radical (unpaired) electrons. The van der Waals surface area contributed by atoms with Gasteiger partial charge in [-0.2, -0.15) is 0 Å². The second-order valence-corrected chi connectivity index (χ2v) is 9.73. The fourth-order valence-electron chi connectivity index (χ4n) is 1.62. The average Bonchev–Trinajstić information content (AvgIpc) is 3.04. The Kier molecular flexibility index (Phi) is 6.16. The van der Waals surface area contributed by atoms with Crippen LogP contribution >= 0.6 is 34.4 Å². The molecular formula is C13H16N2O3S4. The number of thiophene rings is 1. The van der Waals surface area contributed by atoms with Gasteiger partial charge in [-0.15, -0.1) is 22.7 Å². The Morgan fingerprint density at radius 1 is 1.41 bits per heavy atom. The van der Waals surface area contributed by atoms with Crippen molar-refractivity contribution >= 4 is 50.2 Å². The van der Waals surface area contributed by atoms with Gasteiger partial charge in [-0.3, -0.25) is 4.79 Å². The summed E-state index contributed by atoms with van der Waals surface area (Å²) in [5, 5.41) is 1.96. The smallest absolute Gasteiger partial charge is 0.208 e. The number of aryl methyl sites for hydroxylation is 1. The Labute approximate surface area is 142 Å². The molecule has 0 amide bonds. The van der Waals surface area contributed by atoms with Gasteiger partial charge in [0, 0.05) is 22.5 Å². The van der Waals surface area contributed by atoms with Gasteiger partial charge in [0.1, 0.15) is 0 Å². The molecule has 0 fully saturated rings. The van der Waals surface area contributed by atoms with Gasteiger partial charge in [0.2, 0.25) is 10.0 Å². The van der Waals surface area contributed by atoms with Gasteiger partial charge in [-0.1, -0.05) is 11.8 Å². The lowest BCUT2D eigenvalue weighted by atomic mass is 10.3. The van der Waals surface area contributed by atoms with Crippen molar-refractivity contribution in [2.75, 3.05) is 18.6 Å². The van der Waals surface area contributed by atoms with Gasteiger partial charge < -0.3 is 0 Å². The monoisotopic (exact) mass is 376 g/mol. The van der Waals surface area contributed by atoms with E-state index in [1.54, 1.807) is 17.4 Å². The van der Waals surface area contributed by atoms with E-state index >= 15 is 0 Å². The number of carbonyl (C=O) groups excluding carboxylic acids is 1. The van der Waals surface area contributed by atoms with Crippen molar-refractivity contribution < 1.29 is 13.2 Å². The quantitative estimate of drug-likeness (QED) is 0.566. The van der Waals surface area contributed by atoms with Gasteiger partial charge in [0.25, 0.3) is 0 Å². The molecule has 0 bridgehead atoms. The van der Waals surface area contributed by atoms with Gasteiger partial charge in [0.15, 0.2) is 10.1 Å². The number of hydrogen-bond acceptors (Lipinski definition) is 7. The highest BCUT2D eigenvalue weighted by Gasteiger charge is 2.11. The van der Waals surface area contributed by atoms with Gasteiger partial charge >= 0.3 is 0 Å². The highest BCUT2D eigenvalue weighted by molar-refractivity contribution is 8.01. The first kappa shape index (κ1) is 17.6. The lowest BCUT2D eigenvalue weighted by Gasteiger charge is -1.99. The number of rotatable bonds is 8. The van der Waals surface area contributed by atoms with Crippen LogP contribution in [0.5, 0.6) is 0 Å². The van der Waals surface area contributed by atoms with Crippen LogP contribution in [0.25, 0.3) is 0 Å². The zero-order valence-corrected chi connectivity index (χ0v) is 15.4. The molecule has 0 saturated heterocycles. The molecule has 9 heteroatoms. The summed E-state index contributed by atoms with van der Waals surface area (Å²) in [5.41, 5.74) is 0.969. The molecule has 0 atom stereocenters. The fraction of sp³-hybridized carbons (Fsp3) is 0.385. The number of hydrogen-bond donors (Lipinski definition) is 1. The number of carbonyl (C=O) groups is 1. The van der Waals surface area contributed by atoms with Crippen LogP contribution in [0.3, 0.4) is 0 Å². The molecule has 22 heavy (non-hydrogen) atoms. The SMILES string of the molecule is Cc1csc(SCC(=O)c2ccc(CCNS(C)(=O)=O)s2)n1. The molecule has 1 N–H and O–H groups in total. The van der Waals surface area contributed by atoms with E-state index in [9.17, 15) is 13.2 Å². The van der Waals surface area contributed by atoms with Crippen molar-refractivity contribution in [1.82, 2.24) is 9.71 Å². The number of thiazole rings is 1. The van der Waals surface area contributed by atoms with Crippen LogP contribution in [0.2, 0.25) is 0 Å². The highest BCUT2D eigenvalue weighted by Crippen LogP contribution is 2.25. The van der Waals surface area contributed by atoms with E-state index in [0.29, 0.717) is 23.6 Å². The largest absolute Gasteiger partial charge is 0.292 e. The Balaban J connectivity index is 1.83. The summed E-state index contributed by atoms with van der Waals surface area (Å²) in [4.78, 5) is 18.1. The molecule has 0 saturated carbocycles. The molecule has 0 spiro atoms. The van der Waals surface area contributed by atoms with Gasteiger partial charge in [0.05, 0.1) is 16.9 Å². The maximum absolute atomic E-state index is 12.1. The zero-order chi connectivity index (χ0) is 16.2. The van der Waals surface area contributed by atoms with Crippen molar-refractivity contribution in [2.45, 2.75) is 17.7 Å². The van der Waals surface area contributed by atoms with Crippen LogP contribution < -0.4 is 4.72 Å². The number of aromatic nitrogens is 1. The number of Topliss-reactive ketones (excluding diaryl/α,β-unsaturated/α-hetero) is 1. The Morgan fingerprint density at radius 2 is 2.18 bits per heavy atom. The van der Waals surface area contributed by atoms with E-state index in [2.05, 4.69) is 9.71 Å². The number of ketones is 1. The molecule has 2 rings (SSSR count). The molecule has 0 aliphatic carbocycles. The predicted octanol–water partition coefficient (Wildman–Crippen LogP) is 2.58. The average molecular weight is 377 g/mol. The second kappa shape index (κ2) is 7.69. The number of thioether (sulfide) groups is 1.